The summed E-state index contributed by atoms with van der Waals surface area (Å²) in [6, 6.07) is 1.39. The third kappa shape index (κ3) is 4.14. The van der Waals surface area contributed by atoms with Gasteiger partial charge >= 0.3 is 5.97 Å². The summed E-state index contributed by atoms with van der Waals surface area (Å²) in [5.74, 6) is -0.506. The second kappa shape index (κ2) is 7.49. The van der Waals surface area contributed by atoms with Gasteiger partial charge in [0.15, 0.2) is 0 Å². The van der Waals surface area contributed by atoms with Crippen molar-refractivity contribution in [2.75, 3.05) is 6.61 Å². The second-order valence-electron chi connectivity index (χ2n) is 6.07. The maximum absolute atomic E-state index is 12.7. The first-order valence-electron chi connectivity index (χ1n) is 8.22. The molecule has 0 saturated heterocycles. The minimum atomic E-state index is -3.64. The Morgan fingerprint density at radius 2 is 1.91 bits per heavy atom. The van der Waals surface area contributed by atoms with Crippen LogP contribution in [0.5, 0.6) is 0 Å². The van der Waals surface area contributed by atoms with Gasteiger partial charge < -0.3 is 9.30 Å². The summed E-state index contributed by atoms with van der Waals surface area (Å²) in [6.45, 7) is 3.68. The molecule has 6 nitrogen and oxygen atoms in total. The van der Waals surface area contributed by atoms with Crippen molar-refractivity contribution >= 4 is 16.0 Å². The van der Waals surface area contributed by atoms with Crippen molar-refractivity contribution in [2.24, 2.45) is 7.05 Å². The number of hydrogen-bond donors (Lipinski definition) is 1. The average Bonchev–Trinajstić information content (AvgIpc) is 2.67. The molecule has 130 valence electrons. The van der Waals surface area contributed by atoms with Crippen LogP contribution in [0, 0.1) is 6.92 Å². The van der Waals surface area contributed by atoms with E-state index in [0.717, 1.165) is 38.5 Å². The Morgan fingerprint density at radius 3 is 2.48 bits per heavy atom. The Balaban J connectivity index is 2.25. The number of carbonyl (C=O) groups excluding carboxylic acids is 1. The van der Waals surface area contributed by atoms with Crippen molar-refractivity contribution in [2.45, 2.75) is 63.3 Å². The highest BCUT2D eigenvalue weighted by Gasteiger charge is 2.27. The van der Waals surface area contributed by atoms with Gasteiger partial charge in [-0.05, 0) is 32.8 Å². The van der Waals surface area contributed by atoms with Crippen LogP contribution >= 0.6 is 0 Å². The van der Waals surface area contributed by atoms with Crippen molar-refractivity contribution in [3.8, 4) is 0 Å². The minimum Gasteiger partial charge on any atom is -0.461 e. The highest BCUT2D eigenvalue weighted by molar-refractivity contribution is 7.89. The fourth-order valence-corrected chi connectivity index (χ4v) is 4.62. The summed E-state index contributed by atoms with van der Waals surface area (Å²) in [4.78, 5) is 12.1. The molecule has 1 aliphatic carbocycles. The summed E-state index contributed by atoms with van der Waals surface area (Å²) in [6.07, 6.45) is 6.17. The molecule has 0 bridgehead atoms. The van der Waals surface area contributed by atoms with E-state index in [1.165, 1.54) is 6.07 Å². The first-order valence-corrected chi connectivity index (χ1v) is 9.71. The van der Waals surface area contributed by atoms with Crippen LogP contribution in [0.25, 0.3) is 0 Å². The van der Waals surface area contributed by atoms with Crippen LogP contribution in [0.1, 0.15) is 61.6 Å². The highest BCUT2D eigenvalue weighted by atomic mass is 32.2. The molecule has 1 aliphatic rings. The number of hydrogen-bond acceptors (Lipinski definition) is 4. The second-order valence-corrected chi connectivity index (χ2v) is 7.75. The van der Waals surface area contributed by atoms with E-state index in [4.69, 9.17) is 4.74 Å². The first-order chi connectivity index (χ1) is 10.9. The Morgan fingerprint density at radius 1 is 1.30 bits per heavy atom. The largest absolute Gasteiger partial charge is 0.461 e. The monoisotopic (exact) mass is 342 g/mol. The maximum atomic E-state index is 12.7. The summed E-state index contributed by atoms with van der Waals surface area (Å²) >= 11 is 0. The zero-order valence-electron chi connectivity index (χ0n) is 14.1. The Bertz CT molecular complexity index is 656. The normalized spacial score (nSPS) is 17.0. The third-order valence-electron chi connectivity index (χ3n) is 4.44. The van der Waals surface area contributed by atoms with Crippen molar-refractivity contribution in [1.82, 2.24) is 9.29 Å². The van der Waals surface area contributed by atoms with Gasteiger partial charge in [0.05, 0.1) is 6.61 Å². The fourth-order valence-electron chi connectivity index (χ4n) is 3.02. The lowest BCUT2D eigenvalue weighted by molar-refractivity contribution is 0.0515. The maximum Gasteiger partial charge on any atom is 0.354 e. The van der Waals surface area contributed by atoms with E-state index in [9.17, 15) is 13.2 Å². The van der Waals surface area contributed by atoms with Crippen LogP contribution in [0.2, 0.25) is 0 Å². The van der Waals surface area contributed by atoms with E-state index in [0.29, 0.717) is 5.69 Å². The van der Waals surface area contributed by atoms with Crippen LogP contribution in [0.3, 0.4) is 0 Å². The number of esters is 1. The number of nitrogens with zero attached hydrogens (tertiary/aromatic N) is 1. The van der Waals surface area contributed by atoms with Crippen LogP contribution in [0.4, 0.5) is 0 Å². The number of rotatable bonds is 5. The van der Waals surface area contributed by atoms with Crippen molar-refractivity contribution < 1.29 is 17.9 Å². The van der Waals surface area contributed by atoms with Gasteiger partial charge in [-0.15, -0.1) is 0 Å². The molecule has 7 heteroatoms. The van der Waals surface area contributed by atoms with E-state index < -0.39 is 16.0 Å². The first kappa shape index (κ1) is 18.0. The van der Waals surface area contributed by atoms with Crippen LogP contribution in [-0.4, -0.2) is 31.6 Å². The van der Waals surface area contributed by atoms with Gasteiger partial charge in [0.2, 0.25) is 10.0 Å². The average molecular weight is 342 g/mol. The molecule has 1 aromatic heterocycles. The van der Waals surface area contributed by atoms with Gasteiger partial charge in [-0.25, -0.2) is 17.9 Å². The fraction of sp³-hybridized carbons (Fsp3) is 0.688. The van der Waals surface area contributed by atoms with Crippen LogP contribution < -0.4 is 4.72 Å². The molecule has 2 rings (SSSR count). The summed E-state index contributed by atoms with van der Waals surface area (Å²) in [5, 5.41) is 0. The molecule has 0 spiro atoms. The Kier molecular flexibility index (Phi) is 5.86. The summed E-state index contributed by atoms with van der Waals surface area (Å²) in [7, 11) is -1.96. The van der Waals surface area contributed by atoms with Gasteiger partial charge in [-0.1, -0.05) is 25.7 Å². The van der Waals surface area contributed by atoms with Gasteiger partial charge in [0, 0.05) is 18.8 Å². The Labute approximate surface area is 138 Å². The lowest BCUT2D eigenvalue weighted by Crippen LogP contribution is -2.34. The van der Waals surface area contributed by atoms with E-state index in [1.807, 2.05) is 0 Å². The highest BCUT2D eigenvalue weighted by Crippen LogP contribution is 2.23. The van der Waals surface area contributed by atoms with Gasteiger partial charge in [-0.2, -0.15) is 0 Å². The Hall–Kier alpha value is -1.34. The van der Waals surface area contributed by atoms with E-state index in [1.54, 1.807) is 25.5 Å². The third-order valence-corrected chi connectivity index (χ3v) is 6.08. The molecule has 0 unspecified atom stereocenters. The SMILES string of the molecule is CCOC(=O)c1cc(S(=O)(=O)NC2CCCCCC2)c(C)n1C. The number of nitrogens with one attached hydrogen (secondary N) is 1. The van der Waals surface area contributed by atoms with Crippen LogP contribution in [-0.2, 0) is 21.8 Å². The molecule has 1 heterocycles. The molecular weight excluding hydrogens is 316 g/mol. The smallest absolute Gasteiger partial charge is 0.354 e. The van der Waals surface area contributed by atoms with Crippen molar-refractivity contribution in [1.29, 1.82) is 0 Å². The lowest BCUT2D eigenvalue weighted by atomic mass is 10.1. The van der Waals surface area contributed by atoms with Gasteiger partial charge in [-0.3, -0.25) is 0 Å². The van der Waals surface area contributed by atoms with Gasteiger partial charge in [0.1, 0.15) is 10.6 Å². The molecule has 0 radical (unpaired) electrons. The summed E-state index contributed by atoms with van der Waals surface area (Å²) in [5.41, 5.74) is 0.791. The predicted octanol–water partition coefficient (Wildman–Crippen LogP) is 2.51. The predicted molar refractivity (Wildman–Crippen MR) is 87.9 cm³/mol. The molecule has 0 aliphatic heterocycles. The van der Waals surface area contributed by atoms with E-state index in [2.05, 4.69) is 4.72 Å². The number of sulfonamides is 1. The summed E-state index contributed by atoms with van der Waals surface area (Å²) < 4.78 is 34.8. The van der Waals surface area contributed by atoms with Crippen LogP contribution in [0.15, 0.2) is 11.0 Å². The standard InChI is InChI=1S/C16H26N2O4S/c1-4-22-16(19)14-11-15(12(2)18(14)3)23(20,21)17-13-9-7-5-6-8-10-13/h11,13,17H,4-10H2,1-3H3. The topological polar surface area (TPSA) is 77.4 Å². The number of ether oxygens (including phenoxy) is 1. The number of aromatic nitrogens is 1. The molecular formula is C16H26N2O4S. The molecule has 0 aromatic carbocycles. The molecule has 1 saturated carbocycles. The van der Waals surface area contributed by atoms with Gasteiger partial charge in [0.25, 0.3) is 0 Å². The molecule has 23 heavy (non-hydrogen) atoms. The number of carbonyl (C=O) groups is 1. The van der Waals surface area contributed by atoms with Crippen molar-refractivity contribution in [3.63, 3.8) is 0 Å². The lowest BCUT2D eigenvalue weighted by Gasteiger charge is -2.16. The molecule has 1 N–H and O–H groups in total. The molecule has 1 fully saturated rings. The van der Waals surface area contributed by atoms with E-state index in [-0.39, 0.29) is 23.2 Å². The quantitative estimate of drug-likeness (QED) is 0.659. The zero-order chi connectivity index (χ0) is 17.0. The zero-order valence-corrected chi connectivity index (χ0v) is 14.9. The molecule has 0 atom stereocenters. The van der Waals surface area contributed by atoms with E-state index >= 15 is 0 Å². The van der Waals surface area contributed by atoms with Crippen molar-refractivity contribution in [3.05, 3.63) is 17.5 Å². The molecule has 0 amide bonds. The minimum absolute atomic E-state index is 0.0202. The molecule has 1 aromatic rings.